The molecule has 12 heteroatoms. The number of rotatable bonds is 3. The summed E-state index contributed by atoms with van der Waals surface area (Å²) >= 11 is 0. The van der Waals surface area contributed by atoms with Crippen molar-refractivity contribution in [1.29, 1.82) is 0 Å². The van der Waals surface area contributed by atoms with E-state index in [1.54, 1.807) is 6.92 Å². The molecule has 1 aliphatic heterocycles. The van der Waals surface area contributed by atoms with Gasteiger partial charge in [0.15, 0.2) is 5.82 Å². The zero-order chi connectivity index (χ0) is 20.1. The summed E-state index contributed by atoms with van der Waals surface area (Å²) in [5.74, 6) is -2.58. The molecule has 1 saturated heterocycles. The minimum atomic E-state index is -4.80. The van der Waals surface area contributed by atoms with Crippen molar-refractivity contribution in [2.45, 2.75) is 32.0 Å². The predicted molar refractivity (Wildman–Crippen MR) is 83.2 cm³/mol. The van der Waals surface area contributed by atoms with E-state index >= 15 is 0 Å². The molecular formula is C16H11F4N5O3. The topological polar surface area (TPSA) is 98.2 Å². The smallest absolute Gasteiger partial charge is 0.337 e. The Balaban J connectivity index is 1.67. The van der Waals surface area contributed by atoms with Crippen molar-refractivity contribution in [3.63, 3.8) is 0 Å². The molecule has 8 nitrogen and oxygen atoms in total. The number of aryl methyl sites for hydroxylation is 1. The van der Waals surface area contributed by atoms with Crippen LogP contribution in [0.3, 0.4) is 0 Å². The fourth-order valence-electron chi connectivity index (χ4n) is 2.97. The molecule has 1 aliphatic rings. The fourth-order valence-corrected chi connectivity index (χ4v) is 2.97. The molecule has 4 rings (SSSR count). The number of carbonyl (C=O) groups excluding carboxylic acids is 1. The Labute approximate surface area is 154 Å². The number of halogens is 4. The number of aromatic nitrogens is 4. The molecule has 0 unspecified atom stereocenters. The van der Waals surface area contributed by atoms with Crippen LogP contribution < -0.4 is 4.90 Å². The first kappa shape index (κ1) is 18.1. The quantitative estimate of drug-likeness (QED) is 0.624. The van der Waals surface area contributed by atoms with Gasteiger partial charge in [-0.25, -0.2) is 4.39 Å². The molecule has 1 fully saturated rings. The van der Waals surface area contributed by atoms with Crippen LogP contribution in [0.25, 0.3) is 11.4 Å². The standard InChI is InChI=1S/C16H11F4N5O3/c1-7-21-14(27-23-7)11-4-5-12(26)25(11)10-3-2-8(6-9(10)17)13-22-15(28-24-13)16(18,19)20/h2-3,6,11H,4-5H2,1H3/t11-/m0/s1. The van der Waals surface area contributed by atoms with Crippen LogP contribution in [-0.4, -0.2) is 26.2 Å². The van der Waals surface area contributed by atoms with Gasteiger partial charge in [-0.3, -0.25) is 9.69 Å². The van der Waals surface area contributed by atoms with E-state index in [1.165, 1.54) is 17.0 Å². The molecule has 0 saturated carbocycles. The van der Waals surface area contributed by atoms with Gasteiger partial charge in [-0.1, -0.05) is 10.3 Å². The average Bonchev–Trinajstić information content (AvgIpc) is 3.34. The summed E-state index contributed by atoms with van der Waals surface area (Å²) in [6.07, 6.45) is -4.28. The Morgan fingerprint density at radius 3 is 2.57 bits per heavy atom. The van der Waals surface area contributed by atoms with E-state index in [2.05, 4.69) is 24.8 Å². The highest BCUT2D eigenvalue weighted by molar-refractivity contribution is 5.96. The van der Waals surface area contributed by atoms with E-state index < -0.39 is 29.8 Å². The molecule has 1 aromatic carbocycles. The number of nitrogens with zero attached hydrogens (tertiary/aromatic N) is 5. The lowest BCUT2D eigenvalue weighted by Gasteiger charge is -2.22. The van der Waals surface area contributed by atoms with E-state index in [4.69, 9.17) is 4.52 Å². The summed E-state index contributed by atoms with van der Waals surface area (Å²) in [4.78, 5) is 20.8. The first-order valence-corrected chi connectivity index (χ1v) is 8.07. The Morgan fingerprint density at radius 1 is 1.18 bits per heavy atom. The second-order valence-corrected chi connectivity index (χ2v) is 6.09. The van der Waals surface area contributed by atoms with Crippen molar-refractivity contribution >= 4 is 11.6 Å². The Hall–Kier alpha value is -3.31. The van der Waals surface area contributed by atoms with Gasteiger partial charge in [0.2, 0.25) is 17.6 Å². The third kappa shape index (κ3) is 3.10. The Bertz CT molecular complexity index is 1050. The maximum atomic E-state index is 14.7. The normalized spacial score (nSPS) is 17.5. The molecule has 1 atom stereocenters. The van der Waals surface area contributed by atoms with Crippen molar-refractivity contribution in [1.82, 2.24) is 20.3 Å². The summed E-state index contributed by atoms with van der Waals surface area (Å²) < 4.78 is 61.7. The third-order valence-corrected chi connectivity index (χ3v) is 4.17. The number of amides is 1. The van der Waals surface area contributed by atoms with Gasteiger partial charge in [-0.2, -0.15) is 23.1 Å². The number of anilines is 1. The highest BCUT2D eigenvalue weighted by atomic mass is 19.4. The number of hydrogen-bond acceptors (Lipinski definition) is 7. The van der Waals surface area contributed by atoms with Gasteiger partial charge in [0.1, 0.15) is 11.9 Å². The van der Waals surface area contributed by atoms with Gasteiger partial charge >= 0.3 is 12.1 Å². The van der Waals surface area contributed by atoms with E-state index in [0.717, 1.165) is 6.07 Å². The maximum absolute atomic E-state index is 14.7. The third-order valence-electron chi connectivity index (χ3n) is 4.17. The number of alkyl halides is 3. The molecule has 0 aliphatic carbocycles. The van der Waals surface area contributed by atoms with Gasteiger partial charge < -0.3 is 9.05 Å². The van der Waals surface area contributed by atoms with Crippen molar-refractivity contribution in [3.8, 4) is 11.4 Å². The molecule has 0 spiro atoms. The highest BCUT2D eigenvalue weighted by Crippen LogP contribution is 2.38. The van der Waals surface area contributed by atoms with Crippen LogP contribution in [0.1, 0.15) is 36.5 Å². The van der Waals surface area contributed by atoms with Crippen molar-refractivity contribution in [3.05, 3.63) is 41.6 Å². The molecule has 1 amide bonds. The van der Waals surface area contributed by atoms with Crippen LogP contribution in [0.4, 0.5) is 23.2 Å². The van der Waals surface area contributed by atoms with Crippen molar-refractivity contribution in [2.24, 2.45) is 0 Å². The number of benzene rings is 1. The zero-order valence-corrected chi connectivity index (χ0v) is 14.2. The van der Waals surface area contributed by atoms with Crippen LogP contribution >= 0.6 is 0 Å². The molecule has 0 N–H and O–H groups in total. The molecule has 0 radical (unpaired) electrons. The van der Waals surface area contributed by atoms with E-state index in [0.29, 0.717) is 12.2 Å². The number of carbonyl (C=O) groups is 1. The molecule has 2 aromatic heterocycles. The molecule has 3 heterocycles. The first-order valence-electron chi connectivity index (χ1n) is 8.07. The van der Waals surface area contributed by atoms with Gasteiger partial charge in [0.05, 0.1) is 5.69 Å². The van der Waals surface area contributed by atoms with Gasteiger partial charge in [0, 0.05) is 12.0 Å². The molecule has 146 valence electrons. The second kappa shape index (κ2) is 6.39. The van der Waals surface area contributed by atoms with Gasteiger partial charge in [-0.15, -0.1) is 0 Å². The van der Waals surface area contributed by atoms with Gasteiger partial charge in [-0.05, 0) is 31.5 Å². The van der Waals surface area contributed by atoms with Crippen LogP contribution in [0.15, 0.2) is 27.2 Å². The van der Waals surface area contributed by atoms with Crippen LogP contribution in [0.5, 0.6) is 0 Å². The molecule has 28 heavy (non-hydrogen) atoms. The summed E-state index contributed by atoms with van der Waals surface area (Å²) in [5.41, 5.74) is -0.0935. The Kier molecular flexibility index (Phi) is 4.12. The van der Waals surface area contributed by atoms with E-state index in [9.17, 15) is 22.4 Å². The minimum absolute atomic E-state index is 0.0302. The number of hydrogen-bond donors (Lipinski definition) is 0. The zero-order valence-electron chi connectivity index (χ0n) is 14.2. The first-order chi connectivity index (χ1) is 13.2. The van der Waals surface area contributed by atoms with Crippen molar-refractivity contribution in [2.75, 3.05) is 4.90 Å². The van der Waals surface area contributed by atoms with Crippen LogP contribution in [-0.2, 0) is 11.0 Å². The average molecular weight is 397 g/mol. The lowest BCUT2D eigenvalue weighted by Crippen LogP contribution is -2.28. The summed E-state index contributed by atoms with van der Waals surface area (Å²) in [5, 5.41) is 6.89. The van der Waals surface area contributed by atoms with Crippen LogP contribution in [0.2, 0.25) is 0 Å². The summed E-state index contributed by atoms with van der Waals surface area (Å²) in [6, 6.07) is 2.86. The van der Waals surface area contributed by atoms with E-state index in [1.807, 2.05) is 0 Å². The maximum Gasteiger partial charge on any atom is 0.471 e. The highest BCUT2D eigenvalue weighted by Gasteiger charge is 2.40. The van der Waals surface area contributed by atoms with Crippen LogP contribution in [0, 0.1) is 12.7 Å². The SMILES string of the molecule is Cc1noc([C@@H]2CCC(=O)N2c2ccc(-c3noc(C(F)(F)F)n3)cc2F)n1. The molecule has 0 bridgehead atoms. The lowest BCUT2D eigenvalue weighted by molar-refractivity contribution is -0.159. The Morgan fingerprint density at radius 2 is 1.96 bits per heavy atom. The fraction of sp³-hybridized carbons (Fsp3) is 0.312. The predicted octanol–water partition coefficient (Wildman–Crippen LogP) is 3.45. The van der Waals surface area contributed by atoms with Crippen molar-refractivity contribution < 1.29 is 31.4 Å². The van der Waals surface area contributed by atoms with E-state index in [-0.39, 0.29) is 29.5 Å². The molecular weight excluding hydrogens is 386 g/mol. The molecule has 3 aromatic rings. The van der Waals surface area contributed by atoms with Gasteiger partial charge in [0.25, 0.3) is 0 Å². The summed E-state index contributed by atoms with van der Waals surface area (Å²) in [7, 11) is 0. The minimum Gasteiger partial charge on any atom is -0.337 e. The largest absolute Gasteiger partial charge is 0.471 e. The summed E-state index contributed by atoms with van der Waals surface area (Å²) in [6.45, 7) is 1.61. The lowest BCUT2D eigenvalue weighted by atomic mass is 10.1. The monoisotopic (exact) mass is 397 g/mol. The second-order valence-electron chi connectivity index (χ2n) is 6.09.